The van der Waals surface area contributed by atoms with Crippen LogP contribution in [0.3, 0.4) is 0 Å². The van der Waals surface area contributed by atoms with Crippen molar-refractivity contribution in [2.45, 2.75) is 38.3 Å². The topological polar surface area (TPSA) is 52.2 Å². The van der Waals surface area contributed by atoms with Crippen molar-refractivity contribution >= 4 is 39.1 Å². The molecule has 0 saturated carbocycles. The van der Waals surface area contributed by atoms with Gasteiger partial charge in [-0.25, -0.2) is 8.97 Å². The van der Waals surface area contributed by atoms with Crippen LogP contribution in [0.5, 0.6) is 0 Å². The molecule has 0 bridgehead atoms. The quantitative estimate of drug-likeness (QED) is 0.484. The number of thioether (sulfide) groups is 1. The van der Waals surface area contributed by atoms with Gasteiger partial charge in [-0.2, -0.15) is 0 Å². The average Bonchev–Trinajstić information content (AvgIpc) is 3.24. The molecule has 0 N–H and O–H groups in total. The van der Waals surface area contributed by atoms with E-state index in [4.69, 9.17) is 0 Å². The van der Waals surface area contributed by atoms with E-state index in [9.17, 15) is 4.79 Å². The molecule has 27 heavy (non-hydrogen) atoms. The van der Waals surface area contributed by atoms with Crippen LogP contribution < -0.4 is 5.56 Å². The number of thiophene rings is 1. The fourth-order valence-electron chi connectivity index (χ4n) is 3.93. The molecule has 3 heterocycles. The number of aromatic nitrogens is 4. The van der Waals surface area contributed by atoms with Crippen LogP contribution in [0.25, 0.3) is 21.7 Å². The Morgan fingerprint density at radius 1 is 1.26 bits per heavy atom. The predicted molar refractivity (Wildman–Crippen MR) is 112 cm³/mol. The molecule has 3 aromatic heterocycles. The molecule has 0 fully saturated rings. The molecular formula is C20H20N4OS2. The Labute approximate surface area is 165 Å². The molecule has 138 valence electrons. The third-order valence-electron chi connectivity index (χ3n) is 5.22. The number of rotatable bonds is 3. The molecule has 1 aromatic carbocycles. The van der Waals surface area contributed by atoms with Crippen molar-refractivity contribution < 1.29 is 0 Å². The van der Waals surface area contributed by atoms with Gasteiger partial charge in [-0.15, -0.1) is 21.5 Å². The highest BCUT2D eigenvalue weighted by molar-refractivity contribution is 7.99. The molecule has 1 unspecified atom stereocenters. The normalized spacial score (nSPS) is 16.9. The van der Waals surface area contributed by atoms with Crippen LogP contribution in [0.1, 0.15) is 30.7 Å². The maximum Gasteiger partial charge on any atom is 0.268 e. The Balaban J connectivity index is 1.95. The Morgan fingerprint density at radius 2 is 2.07 bits per heavy atom. The molecule has 0 saturated heterocycles. The maximum atomic E-state index is 13.6. The largest absolute Gasteiger partial charge is 0.268 e. The van der Waals surface area contributed by atoms with Crippen molar-refractivity contribution in [1.82, 2.24) is 19.2 Å². The van der Waals surface area contributed by atoms with Gasteiger partial charge in [-0.05, 0) is 48.6 Å². The number of hydrogen-bond acceptors (Lipinski definition) is 5. The van der Waals surface area contributed by atoms with E-state index in [1.54, 1.807) is 27.7 Å². The SMILES string of the molecule is CCSc1nnc2n(-c3ccccc3)c(=O)c3c4c(sc3n12)CC(C)CC4. The zero-order valence-corrected chi connectivity index (χ0v) is 16.9. The van der Waals surface area contributed by atoms with Crippen LogP contribution >= 0.6 is 23.1 Å². The standard InChI is InChI=1S/C20H20N4OS2/c1-3-26-20-22-21-19-23(13-7-5-4-6-8-13)17(25)16-14-10-9-12(2)11-15(14)27-18(16)24(19)20/h4-8,12H,3,9-11H2,1-2H3. The molecule has 7 heteroatoms. The molecule has 1 aliphatic carbocycles. The first-order chi connectivity index (χ1) is 13.2. The van der Waals surface area contributed by atoms with E-state index in [0.717, 1.165) is 46.1 Å². The second-order valence-corrected chi connectivity index (χ2v) is 9.37. The minimum absolute atomic E-state index is 0.0243. The zero-order valence-electron chi connectivity index (χ0n) is 15.3. The van der Waals surface area contributed by atoms with Crippen LogP contribution in [0.2, 0.25) is 0 Å². The molecule has 5 nitrogen and oxygen atoms in total. The lowest BCUT2D eigenvalue weighted by molar-refractivity contribution is 0.509. The minimum atomic E-state index is 0.0243. The van der Waals surface area contributed by atoms with Crippen LogP contribution in [0, 0.1) is 5.92 Å². The van der Waals surface area contributed by atoms with Gasteiger partial charge in [0.15, 0.2) is 5.16 Å². The Hall–Kier alpha value is -2.12. The smallest absolute Gasteiger partial charge is 0.268 e. The van der Waals surface area contributed by atoms with Gasteiger partial charge in [0, 0.05) is 4.88 Å². The van der Waals surface area contributed by atoms with E-state index in [1.165, 1.54) is 10.4 Å². The van der Waals surface area contributed by atoms with Gasteiger partial charge in [0.1, 0.15) is 4.83 Å². The zero-order chi connectivity index (χ0) is 18.5. The van der Waals surface area contributed by atoms with Crippen molar-refractivity contribution in [2.24, 2.45) is 5.92 Å². The van der Waals surface area contributed by atoms with Gasteiger partial charge in [-0.3, -0.25) is 4.79 Å². The van der Waals surface area contributed by atoms with Gasteiger partial charge in [0.05, 0.1) is 11.1 Å². The van der Waals surface area contributed by atoms with Crippen molar-refractivity contribution in [3.8, 4) is 5.69 Å². The molecule has 5 rings (SSSR count). The van der Waals surface area contributed by atoms with E-state index in [-0.39, 0.29) is 5.56 Å². The van der Waals surface area contributed by atoms with Gasteiger partial charge in [0.2, 0.25) is 5.78 Å². The van der Waals surface area contributed by atoms with Crippen molar-refractivity contribution in [3.63, 3.8) is 0 Å². The van der Waals surface area contributed by atoms with Gasteiger partial charge < -0.3 is 0 Å². The highest BCUT2D eigenvalue weighted by Gasteiger charge is 2.27. The summed E-state index contributed by atoms with van der Waals surface area (Å²) in [6.45, 7) is 4.40. The lowest BCUT2D eigenvalue weighted by Gasteiger charge is -2.17. The molecule has 0 radical (unpaired) electrons. The summed E-state index contributed by atoms with van der Waals surface area (Å²) in [5, 5.41) is 10.5. The number of benzene rings is 1. The predicted octanol–water partition coefficient (Wildman–Crippen LogP) is 4.33. The van der Waals surface area contributed by atoms with Gasteiger partial charge >= 0.3 is 0 Å². The molecule has 0 aliphatic heterocycles. The van der Waals surface area contributed by atoms with Crippen LogP contribution in [-0.4, -0.2) is 24.9 Å². The summed E-state index contributed by atoms with van der Waals surface area (Å²) in [5.41, 5.74) is 2.10. The number of fused-ring (bicyclic) bond motifs is 5. The third kappa shape index (κ3) is 2.56. The maximum absolute atomic E-state index is 13.6. The second kappa shape index (κ2) is 6.49. The summed E-state index contributed by atoms with van der Waals surface area (Å²) in [5.74, 6) is 2.18. The van der Waals surface area contributed by atoms with E-state index in [0.29, 0.717) is 11.7 Å². The van der Waals surface area contributed by atoms with E-state index < -0.39 is 0 Å². The summed E-state index contributed by atoms with van der Waals surface area (Å²) in [4.78, 5) is 16.0. The molecule has 0 spiro atoms. The van der Waals surface area contributed by atoms with Crippen LogP contribution in [0.15, 0.2) is 40.3 Å². The van der Waals surface area contributed by atoms with Crippen molar-refractivity contribution in [2.75, 3.05) is 5.75 Å². The molecule has 0 amide bonds. The van der Waals surface area contributed by atoms with E-state index in [2.05, 4.69) is 28.4 Å². The Kier molecular flexibility index (Phi) is 4.09. The monoisotopic (exact) mass is 396 g/mol. The summed E-state index contributed by atoms with van der Waals surface area (Å²) >= 11 is 3.42. The number of para-hydroxylation sites is 1. The van der Waals surface area contributed by atoms with Gasteiger partial charge in [-0.1, -0.05) is 43.8 Å². The average molecular weight is 397 g/mol. The first-order valence-electron chi connectivity index (χ1n) is 9.31. The first kappa shape index (κ1) is 17.0. The summed E-state index contributed by atoms with van der Waals surface area (Å²) in [6.07, 6.45) is 3.17. The summed E-state index contributed by atoms with van der Waals surface area (Å²) in [6, 6.07) is 9.77. The highest BCUT2D eigenvalue weighted by Crippen LogP contribution is 2.38. The molecule has 1 aliphatic rings. The van der Waals surface area contributed by atoms with E-state index in [1.807, 2.05) is 30.3 Å². The third-order valence-corrected chi connectivity index (χ3v) is 7.27. The van der Waals surface area contributed by atoms with E-state index >= 15 is 0 Å². The lowest BCUT2D eigenvalue weighted by Crippen LogP contribution is -2.22. The first-order valence-corrected chi connectivity index (χ1v) is 11.1. The number of hydrogen-bond donors (Lipinski definition) is 0. The van der Waals surface area contributed by atoms with Gasteiger partial charge in [0.25, 0.3) is 5.56 Å². The van der Waals surface area contributed by atoms with Crippen LogP contribution in [-0.2, 0) is 12.8 Å². The number of nitrogens with zero attached hydrogens (tertiary/aromatic N) is 4. The molecule has 4 aromatic rings. The fraction of sp³-hybridized carbons (Fsp3) is 0.350. The minimum Gasteiger partial charge on any atom is -0.268 e. The molecular weight excluding hydrogens is 376 g/mol. The Bertz CT molecular complexity index is 1210. The highest BCUT2D eigenvalue weighted by atomic mass is 32.2. The summed E-state index contributed by atoms with van der Waals surface area (Å²) < 4.78 is 3.81. The van der Waals surface area contributed by atoms with Crippen molar-refractivity contribution in [3.05, 3.63) is 51.1 Å². The fourth-order valence-corrected chi connectivity index (χ4v) is 6.15. The lowest BCUT2D eigenvalue weighted by atomic mass is 9.89. The molecule has 1 atom stereocenters. The van der Waals surface area contributed by atoms with Crippen LogP contribution in [0.4, 0.5) is 0 Å². The Morgan fingerprint density at radius 3 is 2.85 bits per heavy atom. The number of aryl methyl sites for hydroxylation is 1. The second-order valence-electron chi connectivity index (χ2n) is 7.06. The van der Waals surface area contributed by atoms with Crippen molar-refractivity contribution in [1.29, 1.82) is 0 Å². The summed E-state index contributed by atoms with van der Waals surface area (Å²) in [7, 11) is 0.